The van der Waals surface area contributed by atoms with Crippen LogP contribution in [-0.2, 0) is 20.7 Å². The van der Waals surface area contributed by atoms with Gasteiger partial charge in [-0.3, -0.25) is 9.69 Å². The molecule has 9 nitrogen and oxygen atoms in total. The van der Waals surface area contributed by atoms with Crippen LogP contribution in [0.2, 0.25) is 0 Å². The molecule has 1 fully saturated rings. The molecule has 1 aliphatic heterocycles. The van der Waals surface area contributed by atoms with Crippen LogP contribution in [0.1, 0.15) is 51.7 Å². The van der Waals surface area contributed by atoms with Gasteiger partial charge in [0.15, 0.2) is 0 Å². The zero-order valence-corrected chi connectivity index (χ0v) is 20.9. The molecule has 0 bridgehead atoms. The topological polar surface area (TPSA) is 129 Å². The maximum atomic E-state index is 13.2. The van der Waals surface area contributed by atoms with E-state index in [1.54, 1.807) is 76.2 Å². The lowest BCUT2D eigenvalue weighted by Crippen LogP contribution is -2.59. The molecule has 2 N–H and O–H groups in total. The Bertz CT molecular complexity index is 1170. The number of benzene rings is 2. The van der Waals surface area contributed by atoms with E-state index in [2.05, 4.69) is 11.4 Å². The second kappa shape index (κ2) is 10.7. The summed E-state index contributed by atoms with van der Waals surface area (Å²) in [6, 6.07) is 14.5. The lowest BCUT2D eigenvalue weighted by molar-refractivity contribution is -0.143. The summed E-state index contributed by atoms with van der Waals surface area (Å²) in [7, 11) is 0. The second-order valence-electron chi connectivity index (χ2n) is 9.93. The van der Waals surface area contributed by atoms with Gasteiger partial charge in [-0.05, 0) is 70.4 Å². The summed E-state index contributed by atoms with van der Waals surface area (Å²) in [5, 5.41) is 21.6. The Morgan fingerprint density at radius 1 is 1.17 bits per heavy atom. The van der Waals surface area contributed by atoms with Crippen LogP contribution in [0.25, 0.3) is 0 Å². The predicted octanol–water partition coefficient (Wildman–Crippen LogP) is 4.25. The Hall–Kier alpha value is -4.06. The third kappa shape index (κ3) is 6.33. The van der Waals surface area contributed by atoms with Crippen molar-refractivity contribution in [1.82, 2.24) is 10.2 Å². The molecular weight excluding hydrogens is 462 g/mol. The molecule has 1 unspecified atom stereocenters. The van der Waals surface area contributed by atoms with Crippen molar-refractivity contribution in [3.63, 3.8) is 0 Å². The minimum absolute atomic E-state index is 0.0403. The molecule has 9 heteroatoms. The Kier molecular flexibility index (Phi) is 7.88. The number of aliphatic carboxylic acids is 1. The molecule has 2 aromatic rings. The van der Waals surface area contributed by atoms with Gasteiger partial charge in [-0.25, -0.2) is 9.59 Å². The molecule has 2 atom stereocenters. The number of carboxylic acids is 1. The molecule has 36 heavy (non-hydrogen) atoms. The minimum atomic E-state index is -1.21. The molecule has 1 heterocycles. The van der Waals surface area contributed by atoms with Crippen molar-refractivity contribution in [2.45, 2.75) is 64.1 Å². The zero-order valence-electron chi connectivity index (χ0n) is 20.9. The molecule has 2 amide bonds. The van der Waals surface area contributed by atoms with Crippen molar-refractivity contribution in [2.24, 2.45) is 0 Å². The molecule has 1 saturated heterocycles. The number of nitriles is 1. The van der Waals surface area contributed by atoms with Crippen LogP contribution in [0.5, 0.6) is 11.5 Å². The van der Waals surface area contributed by atoms with E-state index in [9.17, 15) is 24.8 Å². The van der Waals surface area contributed by atoms with E-state index in [0.29, 0.717) is 42.0 Å². The van der Waals surface area contributed by atoms with Crippen LogP contribution >= 0.6 is 0 Å². The zero-order chi connectivity index (χ0) is 26.5. The van der Waals surface area contributed by atoms with E-state index in [1.807, 2.05) is 0 Å². The summed E-state index contributed by atoms with van der Waals surface area (Å²) in [4.78, 5) is 39.2. The van der Waals surface area contributed by atoms with Crippen molar-refractivity contribution in [1.29, 1.82) is 5.26 Å². The average Bonchev–Trinajstić information content (AvgIpc) is 3.22. The standard InChI is InChI=1S/C27H31N3O6/c1-26(2,3)36-25(34)30-15-7-14-27(30,4)24(33)29-21(23(31)32)16-18-10-12-20(13-11-18)35-22-9-6-5-8-19(22)17-28/h5-6,8-13,21H,7,14-16H2,1-4H3,(H,29,33)(H,31,32)/t21?,27-/m0/s1. The van der Waals surface area contributed by atoms with E-state index in [0.717, 1.165) is 0 Å². The van der Waals surface area contributed by atoms with E-state index >= 15 is 0 Å². The summed E-state index contributed by atoms with van der Waals surface area (Å²) < 4.78 is 11.2. The fourth-order valence-electron chi connectivity index (χ4n) is 4.03. The predicted molar refractivity (Wildman–Crippen MR) is 132 cm³/mol. The maximum Gasteiger partial charge on any atom is 0.411 e. The van der Waals surface area contributed by atoms with Gasteiger partial charge in [0, 0.05) is 13.0 Å². The van der Waals surface area contributed by atoms with E-state index in [4.69, 9.17) is 9.47 Å². The Balaban J connectivity index is 1.68. The Morgan fingerprint density at radius 3 is 2.44 bits per heavy atom. The van der Waals surface area contributed by atoms with Gasteiger partial charge in [-0.1, -0.05) is 24.3 Å². The number of nitrogens with zero attached hydrogens (tertiary/aromatic N) is 2. The van der Waals surface area contributed by atoms with Crippen LogP contribution in [-0.4, -0.2) is 51.7 Å². The van der Waals surface area contributed by atoms with Crippen molar-refractivity contribution in [2.75, 3.05) is 6.54 Å². The summed E-state index contributed by atoms with van der Waals surface area (Å²) in [6.07, 6.45) is 0.453. The second-order valence-corrected chi connectivity index (χ2v) is 9.93. The van der Waals surface area contributed by atoms with Crippen molar-refractivity contribution < 1.29 is 29.0 Å². The molecule has 0 radical (unpaired) electrons. The quantitative estimate of drug-likeness (QED) is 0.590. The van der Waals surface area contributed by atoms with Gasteiger partial charge in [0.1, 0.15) is 34.8 Å². The highest BCUT2D eigenvalue weighted by Crippen LogP contribution is 2.31. The number of hydrogen-bond donors (Lipinski definition) is 2. The Morgan fingerprint density at radius 2 is 1.83 bits per heavy atom. The number of carbonyl (C=O) groups excluding carboxylic acids is 2. The number of carboxylic acid groups (broad SMARTS) is 1. The van der Waals surface area contributed by atoms with Crippen LogP contribution in [0.4, 0.5) is 4.79 Å². The van der Waals surface area contributed by atoms with Gasteiger partial charge in [-0.15, -0.1) is 0 Å². The number of ether oxygens (including phenoxy) is 2. The highest BCUT2D eigenvalue weighted by molar-refractivity contribution is 5.93. The molecule has 0 spiro atoms. The van der Waals surface area contributed by atoms with Crippen molar-refractivity contribution in [3.05, 3.63) is 59.7 Å². The van der Waals surface area contributed by atoms with Crippen LogP contribution < -0.4 is 10.1 Å². The molecular formula is C27H31N3O6. The highest BCUT2D eigenvalue weighted by Gasteiger charge is 2.48. The van der Waals surface area contributed by atoms with E-state index in [1.165, 1.54) is 4.90 Å². The third-order valence-corrected chi connectivity index (χ3v) is 5.95. The monoisotopic (exact) mass is 493 g/mol. The van der Waals surface area contributed by atoms with Gasteiger partial charge in [-0.2, -0.15) is 5.26 Å². The highest BCUT2D eigenvalue weighted by atomic mass is 16.6. The van der Waals surface area contributed by atoms with E-state index < -0.39 is 35.2 Å². The SMILES string of the molecule is CC(C)(C)OC(=O)N1CCC[C@@]1(C)C(=O)NC(Cc1ccc(Oc2ccccc2C#N)cc1)C(=O)O. The first kappa shape index (κ1) is 26.5. The van der Waals surface area contributed by atoms with Gasteiger partial charge in [0.05, 0.1) is 5.56 Å². The van der Waals surface area contributed by atoms with Crippen LogP contribution in [0, 0.1) is 11.3 Å². The number of hydrogen-bond acceptors (Lipinski definition) is 6. The lowest BCUT2D eigenvalue weighted by atomic mass is 9.96. The number of likely N-dealkylation sites (tertiary alicyclic amines) is 1. The van der Waals surface area contributed by atoms with Crippen molar-refractivity contribution in [3.8, 4) is 17.6 Å². The number of nitrogens with one attached hydrogen (secondary N) is 1. The van der Waals surface area contributed by atoms with Crippen LogP contribution in [0.3, 0.4) is 0 Å². The molecule has 0 aromatic heterocycles. The average molecular weight is 494 g/mol. The molecule has 190 valence electrons. The first-order chi connectivity index (χ1) is 16.9. The first-order valence-electron chi connectivity index (χ1n) is 11.7. The minimum Gasteiger partial charge on any atom is -0.480 e. The molecule has 0 aliphatic carbocycles. The van der Waals surface area contributed by atoms with Gasteiger partial charge >= 0.3 is 12.1 Å². The first-order valence-corrected chi connectivity index (χ1v) is 11.7. The van der Waals surface area contributed by atoms with Crippen LogP contribution in [0.15, 0.2) is 48.5 Å². The summed E-state index contributed by atoms with van der Waals surface area (Å²) >= 11 is 0. The van der Waals surface area contributed by atoms with Gasteiger partial charge in [0.2, 0.25) is 5.91 Å². The normalized spacial score (nSPS) is 18.1. The number of rotatable bonds is 7. The number of para-hydroxylation sites is 1. The summed E-state index contributed by atoms with van der Waals surface area (Å²) in [5.41, 5.74) is -0.852. The fraction of sp³-hybridized carbons (Fsp3) is 0.407. The third-order valence-electron chi connectivity index (χ3n) is 5.95. The molecule has 0 saturated carbocycles. The number of amides is 2. The Labute approximate surface area is 210 Å². The molecule has 1 aliphatic rings. The lowest BCUT2D eigenvalue weighted by Gasteiger charge is -2.35. The molecule has 2 aromatic carbocycles. The summed E-state index contributed by atoms with van der Waals surface area (Å²) in [5.74, 6) is -0.810. The maximum absolute atomic E-state index is 13.2. The van der Waals surface area contributed by atoms with E-state index in [-0.39, 0.29) is 6.42 Å². The smallest absolute Gasteiger partial charge is 0.411 e. The fourth-order valence-corrected chi connectivity index (χ4v) is 4.03. The summed E-state index contributed by atoms with van der Waals surface area (Å²) in [6.45, 7) is 7.22. The number of carbonyl (C=O) groups is 3. The van der Waals surface area contributed by atoms with Gasteiger partial charge in [0.25, 0.3) is 0 Å². The van der Waals surface area contributed by atoms with Crippen molar-refractivity contribution >= 4 is 18.0 Å². The molecule has 3 rings (SSSR count). The van der Waals surface area contributed by atoms with Gasteiger partial charge < -0.3 is 19.9 Å². The largest absolute Gasteiger partial charge is 0.480 e.